The van der Waals surface area contributed by atoms with Crippen LogP contribution < -0.4 is 4.74 Å². The molecule has 5 rings (SSSR count). The number of halogens is 1. The first-order valence-corrected chi connectivity index (χ1v) is 11.1. The van der Waals surface area contributed by atoms with Crippen LogP contribution in [0.15, 0.2) is 59.7 Å². The average molecular weight is 464 g/mol. The van der Waals surface area contributed by atoms with E-state index in [9.17, 15) is 9.90 Å². The number of carbonyl (C=O) groups is 1. The second-order valence-electron chi connectivity index (χ2n) is 8.07. The SMILES string of the molecule is Cc1ccc(Oc2nc3nc(C4C=CC(C5=CCOCC5)=CC4)c(Cl)cc3[nH]2)cc1C(=O)O. The van der Waals surface area contributed by atoms with Gasteiger partial charge in [-0.2, -0.15) is 4.98 Å². The van der Waals surface area contributed by atoms with Gasteiger partial charge in [-0.25, -0.2) is 9.78 Å². The Labute approximate surface area is 195 Å². The quantitative estimate of drug-likeness (QED) is 0.501. The summed E-state index contributed by atoms with van der Waals surface area (Å²) in [7, 11) is 0. The van der Waals surface area contributed by atoms with E-state index in [-0.39, 0.29) is 17.5 Å². The number of aromatic nitrogens is 3. The van der Waals surface area contributed by atoms with Crippen LogP contribution >= 0.6 is 11.6 Å². The fourth-order valence-electron chi connectivity index (χ4n) is 4.07. The molecule has 0 saturated heterocycles. The molecular weight excluding hydrogens is 442 g/mol. The molecular formula is C25H22ClN3O4. The Kier molecular flexibility index (Phi) is 5.74. The van der Waals surface area contributed by atoms with Crippen LogP contribution in [0, 0.1) is 6.92 Å². The maximum Gasteiger partial charge on any atom is 0.336 e. The normalized spacial score (nSPS) is 18.2. The number of nitrogens with one attached hydrogen (secondary N) is 1. The third kappa shape index (κ3) is 4.42. The summed E-state index contributed by atoms with van der Waals surface area (Å²) in [4.78, 5) is 23.6. The van der Waals surface area contributed by atoms with Gasteiger partial charge in [0, 0.05) is 5.92 Å². The molecule has 8 heteroatoms. The first-order chi connectivity index (χ1) is 16.0. The van der Waals surface area contributed by atoms with Crippen LogP contribution in [0.5, 0.6) is 11.8 Å². The summed E-state index contributed by atoms with van der Waals surface area (Å²) in [5.41, 5.74) is 5.29. The van der Waals surface area contributed by atoms with Crippen molar-refractivity contribution in [2.24, 2.45) is 0 Å². The fourth-order valence-corrected chi connectivity index (χ4v) is 4.37. The summed E-state index contributed by atoms with van der Waals surface area (Å²) in [6, 6.07) is 6.89. The van der Waals surface area contributed by atoms with E-state index >= 15 is 0 Å². The summed E-state index contributed by atoms with van der Waals surface area (Å²) < 4.78 is 11.2. The van der Waals surface area contributed by atoms with Gasteiger partial charge in [-0.3, -0.25) is 0 Å². The van der Waals surface area contributed by atoms with E-state index in [1.807, 2.05) is 0 Å². The highest BCUT2D eigenvalue weighted by Gasteiger charge is 2.20. The molecule has 2 aromatic heterocycles. The number of rotatable bonds is 5. The van der Waals surface area contributed by atoms with E-state index in [0.717, 1.165) is 25.1 Å². The van der Waals surface area contributed by atoms with Crippen LogP contribution in [-0.4, -0.2) is 39.2 Å². The molecule has 0 saturated carbocycles. The zero-order valence-corrected chi connectivity index (χ0v) is 18.7. The first kappa shape index (κ1) is 21.4. The molecule has 1 aromatic carbocycles. The maximum absolute atomic E-state index is 11.4. The zero-order chi connectivity index (χ0) is 22.9. The Morgan fingerprint density at radius 2 is 2.15 bits per heavy atom. The first-order valence-electron chi connectivity index (χ1n) is 10.7. The number of carboxylic acids is 1. The minimum atomic E-state index is -1.01. The Hall–Kier alpha value is -3.42. The summed E-state index contributed by atoms with van der Waals surface area (Å²) in [5, 5.41) is 9.88. The number of allylic oxidation sites excluding steroid dienone is 4. The van der Waals surface area contributed by atoms with E-state index in [1.54, 1.807) is 25.1 Å². The molecule has 0 spiro atoms. The van der Waals surface area contributed by atoms with Crippen LogP contribution in [0.4, 0.5) is 0 Å². The van der Waals surface area contributed by atoms with Crippen LogP contribution in [0.2, 0.25) is 5.02 Å². The Balaban J connectivity index is 1.37. The second-order valence-corrected chi connectivity index (χ2v) is 8.47. The monoisotopic (exact) mass is 463 g/mol. The van der Waals surface area contributed by atoms with Crippen molar-refractivity contribution >= 4 is 28.7 Å². The Bertz CT molecular complexity index is 1340. The van der Waals surface area contributed by atoms with Gasteiger partial charge in [0.25, 0.3) is 0 Å². The van der Waals surface area contributed by atoms with Crippen molar-refractivity contribution < 1.29 is 19.4 Å². The lowest BCUT2D eigenvalue weighted by molar-refractivity contribution is 0.0695. The number of hydrogen-bond donors (Lipinski definition) is 2. The second kappa shape index (κ2) is 8.84. The number of pyridine rings is 1. The smallest absolute Gasteiger partial charge is 0.336 e. The molecule has 1 unspecified atom stereocenters. The lowest BCUT2D eigenvalue weighted by Crippen LogP contribution is -2.08. The highest BCUT2D eigenvalue weighted by molar-refractivity contribution is 6.31. The topological polar surface area (TPSA) is 97.3 Å². The number of nitrogens with zero attached hydrogens (tertiary/aromatic N) is 2. The van der Waals surface area contributed by atoms with Gasteiger partial charge in [-0.15, -0.1) is 0 Å². The highest BCUT2D eigenvalue weighted by Crippen LogP contribution is 2.35. The number of fused-ring (bicyclic) bond motifs is 1. The summed E-state index contributed by atoms with van der Waals surface area (Å²) in [5.74, 6) is -0.576. The predicted molar refractivity (Wildman–Crippen MR) is 125 cm³/mol. The summed E-state index contributed by atoms with van der Waals surface area (Å²) >= 11 is 6.57. The molecule has 0 amide bonds. The van der Waals surface area contributed by atoms with Crippen LogP contribution in [0.3, 0.4) is 0 Å². The number of carboxylic acid groups (broad SMARTS) is 1. The van der Waals surface area contributed by atoms with E-state index < -0.39 is 5.97 Å². The molecule has 1 aliphatic carbocycles. The number of hydrogen-bond acceptors (Lipinski definition) is 5. The van der Waals surface area contributed by atoms with Gasteiger partial charge in [0.15, 0.2) is 5.65 Å². The number of aromatic carboxylic acids is 1. The van der Waals surface area contributed by atoms with Gasteiger partial charge in [0.2, 0.25) is 0 Å². The lowest BCUT2D eigenvalue weighted by Gasteiger charge is -2.20. The molecule has 1 atom stereocenters. The van der Waals surface area contributed by atoms with Gasteiger partial charge in [-0.1, -0.05) is 42.0 Å². The van der Waals surface area contributed by atoms with E-state index in [4.69, 9.17) is 26.1 Å². The van der Waals surface area contributed by atoms with Crippen molar-refractivity contribution in [1.29, 1.82) is 0 Å². The Morgan fingerprint density at radius 1 is 1.27 bits per heavy atom. The molecule has 3 aromatic rings. The van der Waals surface area contributed by atoms with Crippen LogP contribution in [0.25, 0.3) is 11.2 Å². The van der Waals surface area contributed by atoms with Crippen LogP contribution in [-0.2, 0) is 4.74 Å². The minimum absolute atomic E-state index is 0.0578. The van der Waals surface area contributed by atoms with Gasteiger partial charge < -0.3 is 19.6 Å². The molecule has 0 bridgehead atoms. The highest BCUT2D eigenvalue weighted by atomic mass is 35.5. The minimum Gasteiger partial charge on any atom is -0.478 e. The van der Waals surface area contributed by atoms with Gasteiger partial charge >= 0.3 is 12.0 Å². The summed E-state index contributed by atoms with van der Waals surface area (Å²) in [6.07, 6.45) is 10.4. The van der Waals surface area contributed by atoms with Gasteiger partial charge in [0.1, 0.15) is 5.75 Å². The maximum atomic E-state index is 11.4. The van der Waals surface area contributed by atoms with Crippen molar-refractivity contribution in [3.8, 4) is 11.8 Å². The molecule has 0 fully saturated rings. The number of imidazole rings is 1. The third-order valence-electron chi connectivity index (χ3n) is 5.87. The number of H-pyrrole nitrogens is 1. The fraction of sp³-hybridized carbons (Fsp3) is 0.240. The number of benzene rings is 1. The van der Waals surface area contributed by atoms with E-state index in [1.165, 1.54) is 17.2 Å². The van der Waals surface area contributed by atoms with Crippen molar-refractivity contribution in [3.63, 3.8) is 0 Å². The molecule has 7 nitrogen and oxygen atoms in total. The Morgan fingerprint density at radius 3 is 2.88 bits per heavy atom. The third-order valence-corrected chi connectivity index (χ3v) is 6.17. The van der Waals surface area contributed by atoms with Crippen molar-refractivity contribution in [2.45, 2.75) is 25.7 Å². The van der Waals surface area contributed by atoms with E-state index in [2.05, 4.69) is 34.3 Å². The molecule has 3 heterocycles. The average Bonchev–Trinajstić information content (AvgIpc) is 3.21. The molecule has 2 N–H and O–H groups in total. The van der Waals surface area contributed by atoms with Crippen molar-refractivity contribution in [1.82, 2.24) is 15.0 Å². The molecule has 2 aliphatic rings. The molecule has 168 valence electrons. The zero-order valence-electron chi connectivity index (χ0n) is 18.0. The molecule has 33 heavy (non-hydrogen) atoms. The van der Waals surface area contributed by atoms with Gasteiger partial charge in [0.05, 0.1) is 35.0 Å². The van der Waals surface area contributed by atoms with Crippen LogP contribution in [0.1, 0.15) is 40.4 Å². The number of aryl methyl sites for hydroxylation is 1. The van der Waals surface area contributed by atoms with Crippen molar-refractivity contribution in [3.05, 3.63) is 81.6 Å². The van der Waals surface area contributed by atoms with Gasteiger partial charge in [-0.05, 0) is 54.7 Å². The standard InChI is InChI=1S/C25H22ClN3O4/c1-14-2-7-18(12-19(14)24(30)31)33-25-27-21-13-20(26)22(28-23(21)29-25)17-5-3-15(4-6-17)16-8-10-32-11-9-16/h2-5,7-8,12-13,17H,6,9-11H2,1H3,(H,30,31)(H,27,28,29). The van der Waals surface area contributed by atoms with E-state index in [0.29, 0.717) is 34.1 Å². The summed E-state index contributed by atoms with van der Waals surface area (Å²) in [6.45, 7) is 3.16. The molecule has 1 aliphatic heterocycles. The number of aromatic amines is 1. The lowest BCUT2D eigenvalue weighted by atomic mass is 9.89. The number of ether oxygens (including phenoxy) is 2. The molecule has 0 radical (unpaired) electrons. The van der Waals surface area contributed by atoms with Crippen molar-refractivity contribution in [2.75, 3.05) is 13.2 Å². The predicted octanol–water partition coefficient (Wildman–Crippen LogP) is 5.73. The largest absolute Gasteiger partial charge is 0.478 e.